The standard InChI is InChI=1S/C12H7Cl3O2/c13-8-6-9(16)11(15)12(10(8)14)17-7-4-2-1-3-5-7/h1-6,16H. The highest BCUT2D eigenvalue weighted by atomic mass is 35.5. The number of phenolic OH excluding ortho intramolecular Hbond substituents is 1. The van der Waals surface area contributed by atoms with Crippen LogP contribution in [0.1, 0.15) is 0 Å². The molecule has 0 spiro atoms. The van der Waals surface area contributed by atoms with E-state index in [-0.39, 0.29) is 26.6 Å². The van der Waals surface area contributed by atoms with Crippen molar-refractivity contribution in [2.45, 2.75) is 0 Å². The Morgan fingerprint density at radius 2 is 1.59 bits per heavy atom. The van der Waals surface area contributed by atoms with Gasteiger partial charge in [-0.25, -0.2) is 0 Å². The van der Waals surface area contributed by atoms with Crippen LogP contribution >= 0.6 is 34.8 Å². The molecule has 2 aromatic rings. The van der Waals surface area contributed by atoms with Crippen molar-refractivity contribution in [2.75, 3.05) is 0 Å². The van der Waals surface area contributed by atoms with Crippen molar-refractivity contribution < 1.29 is 9.84 Å². The van der Waals surface area contributed by atoms with Crippen molar-refractivity contribution in [3.8, 4) is 17.2 Å². The third-order valence-electron chi connectivity index (χ3n) is 2.06. The Morgan fingerprint density at radius 1 is 0.941 bits per heavy atom. The summed E-state index contributed by atoms with van der Waals surface area (Å²) in [4.78, 5) is 0. The first-order chi connectivity index (χ1) is 8.09. The molecule has 0 atom stereocenters. The van der Waals surface area contributed by atoms with Gasteiger partial charge >= 0.3 is 0 Å². The first kappa shape index (κ1) is 12.4. The van der Waals surface area contributed by atoms with E-state index >= 15 is 0 Å². The molecule has 2 aromatic carbocycles. The van der Waals surface area contributed by atoms with Crippen LogP contribution in [0.5, 0.6) is 17.2 Å². The monoisotopic (exact) mass is 288 g/mol. The molecule has 0 aliphatic rings. The molecule has 0 radical (unpaired) electrons. The van der Waals surface area contributed by atoms with Gasteiger partial charge in [0.2, 0.25) is 0 Å². The second-order valence-corrected chi connectivity index (χ2v) is 4.41. The molecule has 0 aliphatic heterocycles. The highest BCUT2D eigenvalue weighted by Gasteiger charge is 2.16. The number of benzene rings is 2. The van der Waals surface area contributed by atoms with Gasteiger partial charge in [-0.05, 0) is 12.1 Å². The third kappa shape index (κ3) is 2.60. The van der Waals surface area contributed by atoms with E-state index in [1.54, 1.807) is 12.1 Å². The number of rotatable bonds is 2. The van der Waals surface area contributed by atoms with Gasteiger partial charge in [-0.2, -0.15) is 0 Å². The summed E-state index contributed by atoms with van der Waals surface area (Å²) in [5, 5.41) is 9.90. The van der Waals surface area contributed by atoms with Crippen LogP contribution < -0.4 is 4.74 Å². The lowest BCUT2D eigenvalue weighted by molar-refractivity contribution is 0.456. The molecule has 0 fully saturated rings. The van der Waals surface area contributed by atoms with Crippen LogP contribution in [-0.2, 0) is 0 Å². The van der Waals surface area contributed by atoms with E-state index in [0.29, 0.717) is 5.75 Å². The van der Waals surface area contributed by atoms with Gasteiger partial charge in [-0.1, -0.05) is 53.0 Å². The summed E-state index contributed by atoms with van der Waals surface area (Å²) in [5.41, 5.74) is 0. The van der Waals surface area contributed by atoms with Crippen LogP contribution in [0.15, 0.2) is 36.4 Å². The number of ether oxygens (including phenoxy) is 1. The molecule has 1 N–H and O–H groups in total. The predicted molar refractivity (Wildman–Crippen MR) is 69.7 cm³/mol. The molecule has 0 heterocycles. The van der Waals surface area contributed by atoms with Crippen LogP contribution in [-0.4, -0.2) is 5.11 Å². The Bertz CT molecular complexity index is 515. The maximum Gasteiger partial charge on any atom is 0.169 e. The maximum atomic E-state index is 9.53. The second-order valence-electron chi connectivity index (χ2n) is 3.25. The molecule has 0 aromatic heterocycles. The molecule has 88 valence electrons. The lowest BCUT2D eigenvalue weighted by Gasteiger charge is -2.11. The minimum atomic E-state index is -0.174. The second kappa shape index (κ2) is 5.05. The van der Waals surface area contributed by atoms with E-state index in [1.165, 1.54) is 6.07 Å². The van der Waals surface area contributed by atoms with Crippen LogP contribution in [0.4, 0.5) is 0 Å². The van der Waals surface area contributed by atoms with Crippen molar-refractivity contribution in [3.05, 3.63) is 51.5 Å². The van der Waals surface area contributed by atoms with Crippen LogP contribution in [0.3, 0.4) is 0 Å². The summed E-state index contributed by atoms with van der Waals surface area (Å²) in [6, 6.07) is 10.2. The van der Waals surface area contributed by atoms with E-state index in [1.807, 2.05) is 18.2 Å². The molecule has 0 saturated heterocycles. The minimum absolute atomic E-state index is 0.0308. The Hall–Kier alpha value is -1.09. The predicted octanol–water partition coefficient (Wildman–Crippen LogP) is 5.14. The van der Waals surface area contributed by atoms with Crippen molar-refractivity contribution in [1.29, 1.82) is 0 Å². The van der Waals surface area contributed by atoms with Crippen molar-refractivity contribution in [1.82, 2.24) is 0 Å². The highest BCUT2D eigenvalue weighted by Crippen LogP contribution is 2.45. The van der Waals surface area contributed by atoms with Gasteiger partial charge in [0, 0.05) is 6.07 Å². The molecule has 0 amide bonds. The van der Waals surface area contributed by atoms with Crippen molar-refractivity contribution >= 4 is 34.8 Å². The van der Waals surface area contributed by atoms with Gasteiger partial charge in [-0.15, -0.1) is 0 Å². The topological polar surface area (TPSA) is 29.5 Å². The largest absolute Gasteiger partial charge is 0.506 e. The van der Waals surface area contributed by atoms with Gasteiger partial charge < -0.3 is 9.84 Å². The highest BCUT2D eigenvalue weighted by molar-refractivity contribution is 6.45. The summed E-state index contributed by atoms with van der Waals surface area (Å²) >= 11 is 17.7. The van der Waals surface area contributed by atoms with Gasteiger partial charge in [-0.3, -0.25) is 0 Å². The van der Waals surface area contributed by atoms with E-state index in [2.05, 4.69) is 0 Å². The number of phenols is 1. The summed E-state index contributed by atoms with van der Waals surface area (Å²) in [6.07, 6.45) is 0. The smallest absolute Gasteiger partial charge is 0.169 e. The fourth-order valence-electron chi connectivity index (χ4n) is 1.26. The number of para-hydroxylation sites is 1. The lowest BCUT2D eigenvalue weighted by Crippen LogP contribution is -1.87. The van der Waals surface area contributed by atoms with E-state index in [0.717, 1.165) is 0 Å². The van der Waals surface area contributed by atoms with Gasteiger partial charge in [0.15, 0.2) is 5.75 Å². The Kier molecular flexibility index (Phi) is 3.67. The maximum absolute atomic E-state index is 9.53. The molecule has 17 heavy (non-hydrogen) atoms. The lowest BCUT2D eigenvalue weighted by atomic mass is 10.3. The molecular formula is C12H7Cl3O2. The van der Waals surface area contributed by atoms with E-state index in [9.17, 15) is 5.11 Å². The zero-order valence-electron chi connectivity index (χ0n) is 8.45. The average molecular weight is 290 g/mol. The summed E-state index contributed by atoms with van der Waals surface area (Å²) in [5.74, 6) is 0.523. The normalized spacial score (nSPS) is 10.3. The number of hydrogen-bond donors (Lipinski definition) is 1. The van der Waals surface area contributed by atoms with Gasteiger partial charge in [0.1, 0.15) is 21.5 Å². The molecule has 2 rings (SSSR count). The third-order valence-corrected chi connectivity index (χ3v) is 3.20. The molecule has 5 heteroatoms. The van der Waals surface area contributed by atoms with E-state index < -0.39 is 0 Å². The van der Waals surface area contributed by atoms with Gasteiger partial charge in [0.25, 0.3) is 0 Å². The SMILES string of the molecule is Oc1cc(Cl)c(Cl)c(Oc2ccccc2)c1Cl. The van der Waals surface area contributed by atoms with Gasteiger partial charge in [0.05, 0.1) is 5.02 Å². The number of halogens is 3. The quantitative estimate of drug-likeness (QED) is 0.775. The first-order valence-corrected chi connectivity index (χ1v) is 5.82. The summed E-state index contributed by atoms with van der Waals surface area (Å²) < 4.78 is 5.49. The van der Waals surface area contributed by atoms with E-state index in [4.69, 9.17) is 39.5 Å². The number of hydrogen-bond acceptors (Lipinski definition) is 2. The molecular weight excluding hydrogens is 282 g/mol. The summed E-state index contributed by atoms with van der Waals surface area (Å²) in [6.45, 7) is 0. The average Bonchev–Trinajstić information content (AvgIpc) is 2.33. The Labute approximate surface area is 113 Å². The van der Waals surface area contributed by atoms with Crippen molar-refractivity contribution in [3.63, 3.8) is 0 Å². The minimum Gasteiger partial charge on any atom is -0.506 e. The fraction of sp³-hybridized carbons (Fsp3) is 0. The fourth-order valence-corrected chi connectivity index (χ4v) is 1.88. The van der Waals surface area contributed by atoms with Crippen LogP contribution in [0.25, 0.3) is 0 Å². The zero-order valence-corrected chi connectivity index (χ0v) is 10.7. The van der Waals surface area contributed by atoms with Crippen LogP contribution in [0.2, 0.25) is 15.1 Å². The van der Waals surface area contributed by atoms with Crippen LogP contribution in [0, 0.1) is 0 Å². The molecule has 0 unspecified atom stereocenters. The zero-order chi connectivity index (χ0) is 12.4. The molecule has 2 nitrogen and oxygen atoms in total. The Balaban J connectivity index is 2.46. The summed E-state index contributed by atoms with van der Waals surface area (Å²) in [7, 11) is 0. The Morgan fingerprint density at radius 3 is 2.24 bits per heavy atom. The van der Waals surface area contributed by atoms with Crippen molar-refractivity contribution in [2.24, 2.45) is 0 Å². The first-order valence-electron chi connectivity index (χ1n) is 4.69. The molecule has 0 aliphatic carbocycles. The number of aromatic hydroxyl groups is 1. The molecule has 0 saturated carbocycles. The molecule has 0 bridgehead atoms.